The van der Waals surface area contributed by atoms with Gasteiger partial charge in [-0.25, -0.2) is 0 Å². The van der Waals surface area contributed by atoms with Crippen molar-refractivity contribution < 1.29 is 9.47 Å². The van der Waals surface area contributed by atoms with E-state index < -0.39 is 0 Å². The summed E-state index contributed by atoms with van der Waals surface area (Å²) < 4.78 is 10.6. The third-order valence-corrected chi connectivity index (χ3v) is 4.23. The molecular weight excluding hydrogens is 264 g/mol. The third kappa shape index (κ3) is 4.61. The normalized spacial score (nSPS) is 17.5. The summed E-state index contributed by atoms with van der Waals surface area (Å²) in [5, 5.41) is 3.60. The van der Waals surface area contributed by atoms with E-state index in [1.165, 1.54) is 37.9 Å². The predicted molar refractivity (Wildman–Crippen MR) is 86.3 cm³/mol. The molecule has 0 radical (unpaired) electrons. The monoisotopic (exact) mass is 292 g/mol. The van der Waals surface area contributed by atoms with Crippen LogP contribution in [0.25, 0.3) is 0 Å². The highest BCUT2D eigenvalue weighted by Crippen LogP contribution is 2.29. The molecule has 4 nitrogen and oxygen atoms in total. The molecule has 1 N–H and O–H groups in total. The summed E-state index contributed by atoms with van der Waals surface area (Å²) in [7, 11) is 3.34. The minimum Gasteiger partial charge on any atom is -0.493 e. The highest BCUT2D eigenvalue weighted by Gasteiger charge is 2.12. The van der Waals surface area contributed by atoms with Crippen molar-refractivity contribution in [1.29, 1.82) is 0 Å². The Bertz CT molecular complexity index is 431. The van der Waals surface area contributed by atoms with Gasteiger partial charge in [0.05, 0.1) is 14.2 Å². The van der Waals surface area contributed by atoms with E-state index in [0.29, 0.717) is 6.04 Å². The van der Waals surface area contributed by atoms with Crippen LogP contribution in [-0.4, -0.2) is 45.3 Å². The zero-order valence-corrected chi connectivity index (χ0v) is 13.5. The van der Waals surface area contributed by atoms with Crippen molar-refractivity contribution in [3.8, 4) is 11.5 Å². The fraction of sp³-hybridized carbons (Fsp3) is 0.647. The summed E-state index contributed by atoms with van der Waals surface area (Å²) >= 11 is 0. The van der Waals surface area contributed by atoms with Crippen LogP contribution in [0.15, 0.2) is 18.2 Å². The van der Waals surface area contributed by atoms with Crippen LogP contribution in [0.1, 0.15) is 37.8 Å². The van der Waals surface area contributed by atoms with Crippen molar-refractivity contribution in [2.45, 2.75) is 32.2 Å². The molecule has 1 aromatic rings. The number of likely N-dealkylation sites (tertiary alicyclic amines) is 1. The third-order valence-electron chi connectivity index (χ3n) is 4.23. The van der Waals surface area contributed by atoms with E-state index in [-0.39, 0.29) is 0 Å². The molecule has 1 aromatic carbocycles. The maximum Gasteiger partial charge on any atom is 0.161 e. The molecule has 1 unspecified atom stereocenters. The lowest BCUT2D eigenvalue weighted by atomic mass is 10.1. The van der Waals surface area contributed by atoms with Crippen molar-refractivity contribution in [1.82, 2.24) is 10.2 Å². The van der Waals surface area contributed by atoms with Crippen molar-refractivity contribution >= 4 is 0 Å². The molecule has 2 rings (SSSR count). The van der Waals surface area contributed by atoms with E-state index >= 15 is 0 Å². The molecule has 1 saturated heterocycles. The first-order valence-corrected chi connectivity index (χ1v) is 7.92. The summed E-state index contributed by atoms with van der Waals surface area (Å²) in [5.74, 6) is 1.57. The van der Waals surface area contributed by atoms with Crippen LogP contribution >= 0.6 is 0 Å². The largest absolute Gasteiger partial charge is 0.493 e. The molecule has 0 bridgehead atoms. The van der Waals surface area contributed by atoms with Gasteiger partial charge in [0.1, 0.15) is 0 Å². The predicted octanol–water partition coefficient (Wildman–Crippen LogP) is 2.84. The molecule has 0 amide bonds. The van der Waals surface area contributed by atoms with Gasteiger partial charge in [-0.2, -0.15) is 0 Å². The minimum absolute atomic E-state index is 0.314. The highest BCUT2D eigenvalue weighted by atomic mass is 16.5. The summed E-state index contributed by atoms with van der Waals surface area (Å²) in [6.07, 6.45) is 4.10. The smallest absolute Gasteiger partial charge is 0.161 e. The molecule has 118 valence electrons. The van der Waals surface area contributed by atoms with E-state index in [9.17, 15) is 0 Å². The minimum atomic E-state index is 0.314. The average Bonchev–Trinajstić information content (AvgIpc) is 2.55. The Morgan fingerprint density at radius 1 is 1.10 bits per heavy atom. The van der Waals surface area contributed by atoms with Gasteiger partial charge in [-0.15, -0.1) is 0 Å². The SMILES string of the molecule is COc1ccc(C(C)NCCN2CCCCC2)cc1OC. The standard InChI is InChI=1S/C17H28N2O2/c1-14(18-9-12-19-10-5-4-6-11-19)15-7-8-16(20-2)17(13-15)21-3/h7-8,13-14,18H,4-6,9-12H2,1-3H3. The zero-order chi connectivity index (χ0) is 15.1. The second kappa shape index (κ2) is 8.25. The molecule has 1 fully saturated rings. The topological polar surface area (TPSA) is 33.7 Å². The van der Waals surface area contributed by atoms with Crippen molar-refractivity contribution in [2.24, 2.45) is 0 Å². The Hall–Kier alpha value is -1.26. The Morgan fingerprint density at radius 3 is 2.48 bits per heavy atom. The average molecular weight is 292 g/mol. The van der Waals surface area contributed by atoms with Gasteiger partial charge < -0.3 is 19.7 Å². The summed E-state index contributed by atoms with van der Waals surface area (Å²) in [4.78, 5) is 2.55. The molecule has 0 aromatic heterocycles. The second-order valence-corrected chi connectivity index (χ2v) is 5.69. The number of hydrogen-bond donors (Lipinski definition) is 1. The van der Waals surface area contributed by atoms with E-state index in [1.807, 2.05) is 6.07 Å². The van der Waals surface area contributed by atoms with Crippen molar-refractivity contribution in [3.05, 3.63) is 23.8 Å². The Kier molecular flexibility index (Phi) is 6.33. The van der Waals surface area contributed by atoms with Gasteiger partial charge in [-0.05, 0) is 50.6 Å². The lowest BCUT2D eigenvalue weighted by molar-refractivity contribution is 0.227. The van der Waals surface area contributed by atoms with Crippen LogP contribution in [0.5, 0.6) is 11.5 Å². The van der Waals surface area contributed by atoms with E-state index in [2.05, 4.69) is 29.3 Å². The van der Waals surface area contributed by atoms with Gasteiger partial charge in [-0.3, -0.25) is 0 Å². The fourth-order valence-electron chi connectivity index (χ4n) is 2.86. The first kappa shape index (κ1) is 16.1. The molecule has 0 spiro atoms. The van der Waals surface area contributed by atoms with Crippen molar-refractivity contribution in [3.63, 3.8) is 0 Å². The molecule has 1 aliphatic rings. The molecule has 0 aliphatic carbocycles. The van der Waals surface area contributed by atoms with E-state index in [0.717, 1.165) is 24.6 Å². The molecule has 21 heavy (non-hydrogen) atoms. The van der Waals surface area contributed by atoms with Gasteiger partial charge in [0, 0.05) is 19.1 Å². The Labute approximate surface area is 128 Å². The molecule has 1 aliphatic heterocycles. The number of piperidine rings is 1. The van der Waals surface area contributed by atoms with Crippen LogP contribution in [0.3, 0.4) is 0 Å². The van der Waals surface area contributed by atoms with E-state index in [4.69, 9.17) is 9.47 Å². The van der Waals surface area contributed by atoms with Crippen LogP contribution in [0.2, 0.25) is 0 Å². The highest BCUT2D eigenvalue weighted by molar-refractivity contribution is 5.43. The van der Waals surface area contributed by atoms with Gasteiger partial charge in [0.15, 0.2) is 11.5 Å². The van der Waals surface area contributed by atoms with Crippen molar-refractivity contribution in [2.75, 3.05) is 40.4 Å². The Morgan fingerprint density at radius 2 is 1.81 bits per heavy atom. The quantitative estimate of drug-likeness (QED) is 0.838. The molecule has 4 heteroatoms. The summed E-state index contributed by atoms with van der Waals surface area (Å²) in [6, 6.07) is 6.43. The number of methoxy groups -OCH3 is 2. The summed E-state index contributed by atoms with van der Waals surface area (Å²) in [5.41, 5.74) is 1.23. The number of benzene rings is 1. The van der Waals surface area contributed by atoms with Crippen LogP contribution in [0.4, 0.5) is 0 Å². The maximum atomic E-state index is 5.37. The van der Waals surface area contributed by atoms with Crippen LogP contribution in [0, 0.1) is 0 Å². The molecule has 0 saturated carbocycles. The molecular formula is C17H28N2O2. The van der Waals surface area contributed by atoms with Gasteiger partial charge >= 0.3 is 0 Å². The first-order valence-electron chi connectivity index (χ1n) is 7.92. The molecule has 1 heterocycles. The number of rotatable bonds is 7. The van der Waals surface area contributed by atoms with Crippen LogP contribution in [-0.2, 0) is 0 Å². The lowest BCUT2D eigenvalue weighted by Crippen LogP contribution is -2.36. The fourth-order valence-corrected chi connectivity index (χ4v) is 2.86. The number of nitrogens with one attached hydrogen (secondary N) is 1. The number of ether oxygens (including phenoxy) is 2. The van der Waals surface area contributed by atoms with Gasteiger partial charge in [0.2, 0.25) is 0 Å². The zero-order valence-electron chi connectivity index (χ0n) is 13.5. The first-order chi connectivity index (χ1) is 10.2. The van der Waals surface area contributed by atoms with Crippen LogP contribution < -0.4 is 14.8 Å². The van der Waals surface area contributed by atoms with Gasteiger partial charge in [0.25, 0.3) is 0 Å². The summed E-state index contributed by atoms with van der Waals surface area (Å²) in [6.45, 7) is 6.86. The molecule has 1 atom stereocenters. The lowest BCUT2D eigenvalue weighted by Gasteiger charge is -2.27. The van der Waals surface area contributed by atoms with E-state index in [1.54, 1.807) is 14.2 Å². The Balaban J connectivity index is 1.83. The number of nitrogens with zero attached hydrogens (tertiary/aromatic N) is 1. The van der Waals surface area contributed by atoms with Gasteiger partial charge in [-0.1, -0.05) is 12.5 Å². The second-order valence-electron chi connectivity index (χ2n) is 5.69. The number of hydrogen-bond acceptors (Lipinski definition) is 4. The maximum absolute atomic E-state index is 5.37.